The molecule has 1 saturated heterocycles. The molecule has 4 nitrogen and oxygen atoms in total. The highest BCUT2D eigenvalue weighted by Crippen LogP contribution is 2.19. The number of nitrogens with zero attached hydrogens (tertiary/aromatic N) is 1. The number of amides is 2. The van der Waals surface area contributed by atoms with Crippen LogP contribution in [0.5, 0.6) is 0 Å². The van der Waals surface area contributed by atoms with Crippen molar-refractivity contribution in [2.45, 2.75) is 20.0 Å². The molecule has 0 bridgehead atoms. The van der Waals surface area contributed by atoms with E-state index < -0.39 is 0 Å². The van der Waals surface area contributed by atoms with Crippen molar-refractivity contribution in [3.63, 3.8) is 0 Å². The fraction of sp³-hybridized carbons (Fsp3) is 0.333. The predicted octanol–water partition coefficient (Wildman–Crippen LogP) is 1.51. The average molecular weight is 219 g/mol. The minimum Gasteiger partial charge on any atom is -0.272 e. The molecule has 1 aliphatic rings. The van der Waals surface area contributed by atoms with E-state index in [1.54, 1.807) is 6.92 Å². The Morgan fingerprint density at radius 3 is 2.56 bits per heavy atom. The van der Waals surface area contributed by atoms with E-state index >= 15 is 0 Å². The van der Waals surface area contributed by atoms with Crippen LogP contribution < -0.4 is 0 Å². The van der Waals surface area contributed by atoms with Crippen LogP contribution in [0.1, 0.15) is 18.9 Å². The monoisotopic (exact) mass is 219 g/mol. The summed E-state index contributed by atoms with van der Waals surface area (Å²) in [6.07, 6.45) is 0.244. The zero-order chi connectivity index (χ0) is 11.5. The summed E-state index contributed by atoms with van der Waals surface area (Å²) in [7, 11) is 0. The Labute approximate surface area is 93.8 Å². The fourth-order valence-electron chi connectivity index (χ4n) is 1.60. The lowest BCUT2D eigenvalue weighted by atomic mass is 10.1. The molecule has 1 heterocycles. The summed E-state index contributed by atoms with van der Waals surface area (Å²) in [6, 6.07) is 9.44. The molecule has 1 aromatic rings. The van der Waals surface area contributed by atoms with Crippen LogP contribution >= 0.6 is 0 Å². The maximum absolute atomic E-state index is 11.5. The second-order valence-corrected chi connectivity index (χ2v) is 3.89. The fourth-order valence-corrected chi connectivity index (χ4v) is 1.60. The maximum atomic E-state index is 11.5. The molecule has 0 N–H and O–H groups in total. The molecule has 2 amide bonds. The standard InChI is InChI=1S/C12H13NO3/c1-9-7-11(14)13(12(9)15)16-8-10-5-3-2-4-6-10/h2-6,9H,7-8H2,1H3/t9-/m1/s1. The molecular formula is C12H13NO3. The molecule has 2 rings (SSSR count). The Bertz CT molecular complexity index is 402. The minimum atomic E-state index is -0.261. The first-order valence-electron chi connectivity index (χ1n) is 5.22. The molecule has 1 fully saturated rings. The van der Waals surface area contributed by atoms with Crippen molar-refractivity contribution in [3.05, 3.63) is 35.9 Å². The number of carbonyl (C=O) groups excluding carboxylic acids is 2. The van der Waals surface area contributed by atoms with Gasteiger partial charge in [0.05, 0.1) is 0 Å². The van der Waals surface area contributed by atoms with Crippen LogP contribution in [-0.2, 0) is 21.0 Å². The lowest BCUT2D eigenvalue weighted by molar-refractivity contribution is -0.192. The molecule has 84 valence electrons. The van der Waals surface area contributed by atoms with Gasteiger partial charge in [-0.05, 0) is 5.56 Å². The van der Waals surface area contributed by atoms with Gasteiger partial charge >= 0.3 is 0 Å². The molecule has 1 atom stereocenters. The first-order chi connectivity index (χ1) is 7.68. The number of hydrogen-bond acceptors (Lipinski definition) is 3. The lowest BCUT2D eigenvalue weighted by Gasteiger charge is -2.13. The first kappa shape index (κ1) is 10.8. The molecule has 0 radical (unpaired) electrons. The van der Waals surface area contributed by atoms with Crippen LogP contribution in [0.15, 0.2) is 30.3 Å². The topological polar surface area (TPSA) is 46.6 Å². The van der Waals surface area contributed by atoms with E-state index in [0.717, 1.165) is 10.6 Å². The number of rotatable bonds is 3. The van der Waals surface area contributed by atoms with E-state index in [1.807, 2.05) is 30.3 Å². The van der Waals surface area contributed by atoms with E-state index in [4.69, 9.17) is 4.84 Å². The largest absolute Gasteiger partial charge is 0.272 e. The molecule has 1 aromatic carbocycles. The van der Waals surface area contributed by atoms with Crippen molar-refractivity contribution in [1.82, 2.24) is 5.06 Å². The van der Waals surface area contributed by atoms with Gasteiger partial charge in [-0.25, -0.2) is 0 Å². The highest BCUT2D eigenvalue weighted by Gasteiger charge is 2.36. The zero-order valence-corrected chi connectivity index (χ0v) is 9.05. The van der Waals surface area contributed by atoms with Gasteiger partial charge in [-0.15, -0.1) is 0 Å². The molecule has 0 saturated carbocycles. The Morgan fingerprint density at radius 2 is 2.00 bits per heavy atom. The van der Waals surface area contributed by atoms with Gasteiger partial charge in [0.25, 0.3) is 11.8 Å². The van der Waals surface area contributed by atoms with Crippen molar-refractivity contribution < 1.29 is 14.4 Å². The number of benzene rings is 1. The van der Waals surface area contributed by atoms with Gasteiger partial charge in [0.2, 0.25) is 0 Å². The quantitative estimate of drug-likeness (QED) is 0.724. The average Bonchev–Trinajstić information content (AvgIpc) is 2.53. The smallest absolute Gasteiger partial charge is 0.256 e. The van der Waals surface area contributed by atoms with Crippen molar-refractivity contribution in [3.8, 4) is 0 Å². The highest BCUT2D eigenvalue weighted by atomic mass is 16.7. The van der Waals surface area contributed by atoms with Crippen LogP contribution in [-0.4, -0.2) is 16.9 Å². The molecule has 16 heavy (non-hydrogen) atoms. The Balaban J connectivity index is 1.96. The summed E-state index contributed by atoms with van der Waals surface area (Å²) in [5.41, 5.74) is 0.933. The van der Waals surface area contributed by atoms with E-state index in [-0.39, 0.29) is 30.8 Å². The van der Waals surface area contributed by atoms with Gasteiger partial charge in [-0.1, -0.05) is 37.3 Å². The number of carbonyl (C=O) groups is 2. The minimum absolute atomic E-state index is 0.241. The van der Waals surface area contributed by atoms with Crippen molar-refractivity contribution in [1.29, 1.82) is 0 Å². The molecule has 0 aromatic heterocycles. The van der Waals surface area contributed by atoms with E-state index in [0.29, 0.717) is 0 Å². The van der Waals surface area contributed by atoms with Crippen molar-refractivity contribution in [2.24, 2.45) is 5.92 Å². The molecule has 4 heteroatoms. The second kappa shape index (κ2) is 4.45. The third-order valence-corrected chi connectivity index (χ3v) is 2.53. The van der Waals surface area contributed by atoms with Crippen molar-refractivity contribution in [2.75, 3.05) is 0 Å². The van der Waals surface area contributed by atoms with Gasteiger partial charge in [0.1, 0.15) is 6.61 Å². The van der Waals surface area contributed by atoms with Crippen LogP contribution in [0.25, 0.3) is 0 Å². The number of imide groups is 1. The maximum Gasteiger partial charge on any atom is 0.256 e. The molecule has 0 unspecified atom stereocenters. The van der Waals surface area contributed by atoms with Crippen LogP contribution in [0.2, 0.25) is 0 Å². The second-order valence-electron chi connectivity index (χ2n) is 3.89. The normalized spacial score (nSPS) is 20.6. The SMILES string of the molecule is C[C@@H]1CC(=O)N(OCc2ccccc2)C1=O. The van der Waals surface area contributed by atoms with Gasteiger partial charge in [0.15, 0.2) is 0 Å². The van der Waals surface area contributed by atoms with E-state index in [9.17, 15) is 9.59 Å². The summed E-state index contributed by atoms with van der Waals surface area (Å²) in [4.78, 5) is 28.1. The van der Waals surface area contributed by atoms with E-state index in [2.05, 4.69) is 0 Å². The number of hydroxylamine groups is 2. The molecule has 0 spiro atoms. The van der Waals surface area contributed by atoms with Gasteiger partial charge < -0.3 is 0 Å². The lowest BCUT2D eigenvalue weighted by Crippen LogP contribution is -2.30. The third kappa shape index (κ3) is 2.12. The van der Waals surface area contributed by atoms with Gasteiger partial charge in [-0.2, -0.15) is 5.06 Å². The Morgan fingerprint density at radius 1 is 1.31 bits per heavy atom. The van der Waals surface area contributed by atoms with E-state index in [1.165, 1.54) is 0 Å². The summed E-state index contributed by atoms with van der Waals surface area (Å²) >= 11 is 0. The first-order valence-corrected chi connectivity index (χ1v) is 5.22. The van der Waals surface area contributed by atoms with Crippen LogP contribution in [0.3, 0.4) is 0 Å². The predicted molar refractivity (Wildman–Crippen MR) is 56.9 cm³/mol. The van der Waals surface area contributed by atoms with Gasteiger partial charge in [0, 0.05) is 12.3 Å². The van der Waals surface area contributed by atoms with Crippen LogP contribution in [0.4, 0.5) is 0 Å². The number of hydrogen-bond donors (Lipinski definition) is 0. The summed E-state index contributed by atoms with van der Waals surface area (Å²) < 4.78 is 0. The van der Waals surface area contributed by atoms with Gasteiger partial charge in [-0.3, -0.25) is 14.4 Å². The molecular weight excluding hydrogens is 206 g/mol. The highest BCUT2D eigenvalue weighted by molar-refractivity contribution is 6.02. The Kier molecular flexibility index (Phi) is 3.01. The molecule has 1 aliphatic heterocycles. The molecule has 0 aliphatic carbocycles. The van der Waals surface area contributed by atoms with Crippen molar-refractivity contribution >= 4 is 11.8 Å². The summed E-state index contributed by atoms with van der Waals surface area (Å²) in [6.45, 7) is 1.97. The Hall–Kier alpha value is -1.68. The zero-order valence-electron chi connectivity index (χ0n) is 9.05. The van der Waals surface area contributed by atoms with Crippen LogP contribution in [0, 0.1) is 5.92 Å². The summed E-state index contributed by atoms with van der Waals surface area (Å²) in [5, 5.41) is 0.887. The third-order valence-electron chi connectivity index (χ3n) is 2.53. The summed E-state index contributed by atoms with van der Waals surface area (Å²) in [5.74, 6) is -0.766.